The van der Waals surface area contributed by atoms with Gasteiger partial charge in [-0.2, -0.15) is 0 Å². The van der Waals surface area contributed by atoms with E-state index in [4.69, 9.17) is 0 Å². The number of fused-ring (bicyclic) bond motifs is 1. The van der Waals surface area contributed by atoms with Crippen LogP contribution < -0.4 is 0 Å². The standard InChI is InChI=1S/C18H25NO2/c1-6-8-19-11-12(7-2)14-9-13(18(3,4)5)10-15(16(14)19)17(20)21/h9-11H,6-8H2,1-5H3,(H,20,21). The van der Waals surface area contributed by atoms with Crippen molar-refractivity contribution in [3.63, 3.8) is 0 Å². The lowest BCUT2D eigenvalue weighted by Crippen LogP contribution is -2.13. The summed E-state index contributed by atoms with van der Waals surface area (Å²) in [5, 5.41) is 10.7. The molecule has 0 atom stereocenters. The largest absolute Gasteiger partial charge is 0.478 e. The molecule has 0 aliphatic carbocycles. The van der Waals surface area contributed by atoms with Gasteiger partial charge >= 0.3 is 5.97 Å². The van der Waals surface area contributed by atoms with Crippen molar-refractivity contribution in [2.24, 2.45) is 0 Å². The second-order valence-electron chi connectivity index (χ2n) is 6.68. The third kappa shape index (κ3) is 2.82. The molecule has 3 heteroatoms. The summed E-state index contributed by atoms with van der Waals surface area (Å²) in [6, 6.07) is 4.02. The Balaban J connectivity index is 2.86. The molecule has 2 aromatic rings. The molecule has 0 fully saturated rings. The predicted octanol–water partition coefficient (Wildman–Crippen LogP) is 4.61. The lowest BCUT2D eigenvalue weighted by molar-refractivity contribution is 0.0698. The minimum atomic E-state index is -0.843. The number of aryl methyl sites for hydroxylation is 2. The van der Waals surface area contributed by atoms with Gasteiger partial charge in [-0.05, 0) is 41.5 Å². The van der Waals surface area contributed by atoms with Crippen molar-refractivity contribution in [1.29, 1.82) is 0 Å². The van der Waals surface area contributed by atoms with Crippen molar-refractivity contribution in [2.75, 3.05) is 0 Å². The van der Waals surface area contributed by atoms with Crippen LogP contribution in [0.25, 0.3) is 10.9 Å². The van der Waals surface area contributed by atoms with Gasteiger partial charge in [0.05, 0.1) is 11.1 Å². The number of carboxylic acid groups (broad SMARTS) is 1. The molecule has 0 radical (unpaired) electrons. The van der Waals surface area contributed by atoms with Crippen LogP contribution in [0.5, 0.6) is 0 Å². The lowest BCUT2D eigenvalue weighted by atomic mass is 9.85. The average Bonchev–Trinajstić information content (AvgIpc) is 2.75. The van der Waals surface area contributed by atoms with Gasteiger partial charge < -0.3 is 9.67 Å². The van der Waals surface area contributed by atoms with E-state index in [-0.39, 0.29) is 5.41 Å². The van der Waals surface area contributed by atoms with Crippen LogP contribution in [0.3, 0.4) is 0 Å². The zero-order chi connectivity index (χ0) is 15.8. The van der Waals surface area contributed by atoms with Crippen LogP contribution in [0.1, 0.15) is 62.5 Å². The maximum Gasteiger partial charge on any atom is 0.337 e. The van der Waals surface area contributed by atoms with Crippen molar-refractivity contribution in [3.8, 4) is 0 Å². The normalized spacial score (nSPS) is 12.0. The third-order valence-electron chi connectivity index (χ3n) is 4.00. The maximum atomic E-state index is 11.7. The lowest BCUT2D eigenvalue weighted by Gasteiger charge is -2.20. The van der Waals surface area contributed by atoms with E-state index in [1.165, 1.54) is 5.56 Å². The molecule has 0 bridgehead atoms. The Morgan fingerprint density at radius 1 is 1.24 bits per heavy atom. The first kappa shape index (κ1) is 15.6. The maximum absolute atomic E-state index is 11.7. The van der Waals surface area contributed by atoms with Crippen LogP contribution in [0, 0.1) is 0 Å². The third-order valence-corrected chi connectivity index (χ3v) is 4.00. The molecule has 114 valence electrons. The summed E-state index contributed by atoms with van der Waals surface area (Å²) in [5.74, 6) is -0.843. The van der Waals surface area contributed by atoms with E-state index in [1.54, 1.807) is 0 Å². The van der Waals surface area contributed by atoms with E-state index in [0.717, 1.165) is 35.9 Å². The van der Waals surface area contributed by atoms with E-state index < -0.39 is 5.97 Å². The molecule has 2 rings (SSSR count). The number of hydrogen-bond acceptors (Lipinski definition) is 1. The minimum Gasteiger partial charge on any atom is -0.478 e. The highest BCUT2D eigenvalue weighted by Gasteiger charge is 2.22. The topological polar surface area (TPSA) is 42.2 Å². The first-order valence-electron chi connectivity index (χ1n) is 7.69. The second-order valence-corrected chi connectivity index (χ2v) is 6.68. The average molecular weight is 287 g/mol. The molecule has 0 unspecified atom stereocenters. The first-order valence-corrected chi connectivity index (χ1v) is 7.69. The van der Waals surface area contributed by atoms with E-state index >= 15 is 0 Å². The van der Waals surface area contributed by atoms with Crippen LogP contribution in [-0.4, -0.2) is 15.6 Å². The Hall–Kier alpha value is -1.77. The highest BCUT2D eigenvalue weighted by Crippen LogP contribution is 2.32. The van der Waals surface area contributed by atoms with Gasteiger partial charge in [0, 0.05) is 18.1 Å². The number of benzene rings is 1. The molecule has 21 heavy (non-hydrogen) atoms. The van der Waals surface area contributed by atoms with Gasteiger partial charge in [0.15, 0.2) is 0 Å². The summed E-state index contributed by atoms with van der Waals surface area (Å²) < 4.78 is 2.10. The van der Waals surface area contributed by atoms with Crippen LogP contribution >= 0.6 is 0 Å². The molecule has 3 nitrogen and oxygen atoms in total. The highest BCUT2D eigenvalue weighted by atomic mass is 16.4. The van der Waals surface area contributed by atoms with Gasteiger partial charge in [0.2, 0.25) is 0 Å². The van der Waals surface area contributed by atoms with Crippen LogP contribution in [0.2, 0.25) is 0 Å². The highest BCUT2D eigenvalue weighted by molar-refractivity contribution is 6.04. The molecule has 0 aliphatic rings. The predicted molar refractivity (Wildman–Crippen MR) is 87.3 cm³/mol. The van der Waals surface area contributed by atoms with E-state index in [9.17, 15) is 9.90 Å². The minimum absolute atomic E-state index is 0.0593. The van der Waals surface area contributed by atoms with Crippen molar-refractivity contribution in [3.05, 3.63) is 35.0 Å². The van der Waals surface area contributed by atoms with Gasteiger partial charge in [-0.1, -0.05) is 34.6 Å². The number of hydrogen-bond donors (Lipinski definition) is 1. The van der Waals surface area contributed by atoms with Crippen molar-refractivity contribution >= 4 is 16.9 Å². The molecule has 0 spiro atoms. The molecule has 1 aromatic heterocycles. The molecular weight excluding hydrogens is 262 g/mol. The number of aromatic carboxylic acids is 1. The fraction of sp³-hybridized carbons (Fsp3) is 0.500. The molecule has 0 aliphatic heterocycles. The van der Waals surface area contributed by atoms with Crippen LogP contribution in [-0.2, 0) is 18.4 Å². The van der Waals surface area contributed by atoms with E-state index in [2.05, 4.69) is 51.4 Å². The summed E-state index contributed by atoms with van der Waals surface area (Å²) in [7, 11) is 0. The monoisotopic (exact) mass is 287 g/mol. The Bertz CT molecular complexity index is 675. The van der Waals surface area contributed by atoms with Crippen molar-refractivity contribution in [1.82, 2.24) is 4.57 Å². The quantitative estimate of drug-likeness (QED) is 0.892. The Morgan fingerprint density at radius 3 is 2.38 bits per heavy atom. The summed E-state index contributed by atoms with van der Waals surface area (Å²) in [6.07, 6.45) is 4.03. The summed E-state index contributed by atoms with van der Waals surface area (Å²) in [4.78, 5) is 11.7. The first-order chi connectivity index (χ1) is 9.79. The Labute approximate surface area is 126 Å². The van der Waals surface area contributed by atoms with Crippen molar-refractivity contribution < 1.29 is 9.90 Å². The number of aromatic nitrogens is 1. The molecule has 0 saturated heterocycles. The van der Waals surface area contributed by atoms with E-state index in [0.29, 0.717) is 5.56 Å². The second kappa shape index (κ2) is 5.55. The summed E-state index contributed by atoms with van der Waals surface area (Å²) in [5.41, 5.74) is 3.54. The molecule has 0 amide bonds. The Kier molecular flexibility index (Phi) is 4.13. The number of rotatable bonds is 4. The molecule has 1 N–H and O–H groups in total. The Morgan fingerprint density at radius 2 is 1.90 bits per heavy atom. The van der Waals surface area contributed by atoms with Gasteiger partial charge in [-0.3, -0.25) is 0 Å². The summed E-state index contributed by atoms with van der Waals surface area (Å²) in [6.45, 7) is 11.4. The van der Waals surface area contributed by atoms with Gasteiger partial charge in [0.25, 0.3) is 0 Å². The molecule has 1 heterocycles. The summed E-state index contributed by atoms with van der Waals surface area (Å²) >= 11 is 0. The number of carbonyl (C=O) groups is 1. The van der Waals surface area contributed by atoms with Gasteiger partial charge in [0.1, 0.15) is 0 Å². The zero-order valence-corrected chi connectivity index (χ0v) is 13.7. The fourth-order valence-corrected chi connectivity index (χ4v) is 2.81. The molecule has 0 saturated carbocycles. The SMILES string of the molecule is CCCn1cc(CC)c2cc(C(C)(C)C)cc(C(=O)O)c21. The zero-order valence-electron chi connectivity index (χ0n) is 13.7. The van der Waals surface area contributed by atoms with Crippen LogP contribution in [0.4, 0.5) is 0 Å². The smallest absolute Gasteiger partial charge is 0.337 e. The van der Waals surface area contributed by atoms with Crippen molar-refractivity contribution in [2.45, 2.75) is 59.4 Å². The number of nitrogens with zero attached hydrogens (tertiary/aromatic N) is 1. The van der Waals surface area contributed by atoms with Gasteiger partial charge in [-0.15, -0.1) is 0 Å². The molecular formula is C18H25NO2. The van der Waals surface area contributed by atoms with E-state index in [1.807, 2.05) is 6.07 Å². The fourth-order valence-electron chi connectivity index (χ4n) is 2.81. The number of carboxylic acids is 1. The van der Waals surface area contributed by atoms with Gasteiger partial charge in [-0.25, -0.2) is 4.79 Å². The molecule has 1 aromatic carbocycles. The van der Waals surface area contributed by atoms with Crippen LogP contribution in [0.15, 0.2) is 18.3 Å².